The fourth-order valence-corrected chi connectivity index (χ4v) is 5.82. The number of nitrogens with zero attached hydrogens (tertiary/aromatic N) is 1. The van der Waals surface area contributed by atoms with Crippen LogP contribution in [0.3, 0.4) is 0 Å². The van der Waals surface area contributed by atoms with E-state index < -0.39 is 0 Å². The molecule has 2 heterocycles. The molecule has 1 aromatic rings. The Labute approximate surface area is 189 Å². The van der Waals surface area contributed by atoms with E-state index in [0.717, 1.165) is 37.5 Å². The molecular weight excluding hydrogens is 384 g/mol. The number of nitrogens with one attached hydrogen (secondary N) is 1. The van der Waals surface area contributed by atoms with Gasteiger partial charge in [-0.2, -0.15) is 0 Å². The average molecular weight is 427 g/mol. The molecule has 0 spiro atoms. The first-order chi connectivity index (χ1) is 14.9. The van der Waals surface area contributed by atoms with Crippen LogP contribution in [0.1, 0.15) is 89.2 Å². The molecule has 0 atom stereocenters. The zero-order chi connectivity index (χ0) is 21.8. The van der Waals surface area contributed by atoms with E-state index in [-0.39, 0.29) is 11.3 Å². The molecule has 1 saturated heterocycles. The summed E-state index contributed by atoms with van der Waals surface area (Å²) in [6, 6.07) is 7.05. The van der Waals surface area contributed by atoms with Crippen LogP contribution < -0.4 is 10.1 Å². The third-order valence-electron chi connectivity index (χ3n) is 7.56. The van der Waals surface area contributed by atoms with Crippen LogP contribution in [0.25, 0.3) is 0 Å². The van der Waals surface area contributed by atoms with Crippen LogP contribution in [0.15, 0.2) is 18.2 Å². The summed E-state index contributed by atoms with van der Waals surface area (Å²) < 4.78 is 5.77. The number of hydrogen-bond acceptors (Lipinski definition) is 3. The van der Waals surface area contributed by atoms with Crippen molar-refractivity contribution < 1.29 is 9.53 Å². The maximum atomic E-state index is 12.2. The second kappa shape index (κ2) is 9.94. The van der Waals surface area contributed by atoms with Crippen LogP contribution in [0, 0.1) is 11.3 Å². The van der Waals surface area contributed by atoms with E-state index in [1.807, 2.05) is 0 Å². The van der Waals surface area contributed by atoms with Gasteiger partial charge in [0.2, 0.25) is 5.91 Å². The van der Waals surface area contributed by atoms with Crippen molar-refractivity contribution in [3.63, 3.8) is 0 Å². The smallest absolute Gasteiger partial charge is 0.220 e. The van der Waals surface area contributed by atoms with Gasteiger partial charge in [0.1, 0.15) is 5.75 Å². The van der Waals surface area contributed by atoms with Gasteiger partial charge in [-0.05, 0) is 93.5 Å². The predicted molar refractivity (Wildman–Crippen MR) is 127 cm³/mol. The number of carbonyl (C=O) groups excluding carboxylic acids is 1. The van der Waals surface area contributed by atoms with Gasteiger partial charge in [-0.15, -0.1) is 0 Å². The largest absolute Gasteiger partial charge is 0.493 e. The van der Waals surface area contributed by atoms with E-state index in [4.69, 9.17) is 4.74 Å². The zero-order valence-electron chi connectivity index (χ0n) is 19.9. The average Bonchev–Trinajstić information content (AvgIpc) is 3.21. The number of amides is 1. The van der Waals surface area contributed by atoms with Gasteiger partial charge in [0.05, 0.1) is 6.61 Å². The van der Waals surface area contributed by atoms with Gasteiger partial charge in [0.25, 0.3) is 0 Å². The number of carbonyl (C=O) groups is 1. The van der Waals surface area contributed by atoms with Gasteiger partial charge in [0.15, 0.2) is 0 Å². The minimum Gasteiger partial charge on any atom is -0.493 e. The Morgan fingerprint density at radius 3 is 2.55 bits per heavy atom. The molecule has 1 aliphatic carbocycles. The third-order valence-corrected chi connectivity index (χ3v) is 7.56. The highest BCUT2D eigenvalue weighted by Crippen LogP contribution is 2.37. The SMILES string of the molecule is CC(C)(C)CC(=O)N[C@H]1CC[C@H](CCN2CCC(c3cccc4c3CCO4)CC2)CC1. The van der Waals surface area contributed by atoms with Crippen LogP contribution >= 0.6 is 0 Å². The van der Waals surface area contributed by atoms with Gasteiger partial charge in [-0.25, -0.2) is 0 Å². The highest BCUT2D eigenvalue weighted by Gasteiger charge is 2.27. The molecule has 3 aliphatic rings. The number of fused-ring (bicyclic) bond motifs is 1. The van der Waals surface area contributed by atoms with Crippen LogP contribution in [0.2, 0.25) is 0 Å². The Kier molecular flexibility index (Phi) is 7.26. The Bertz CT molecular complexity index is 738. The maximum absolute atomic E-state index is 12.2. The summed E-state index contributed by atoms with van der Waals surface area (Å²) in [7, 11) is 0. The normalized spacial score (nSPS) is 25.1. The quantitative estimate of drug-likeness (QED) is 0.671. The summed E-state index contributed by atoms with van der Waals surface area (Å²) in [4.78, 5) is 14.9. The van der Waals surface area contributed by atoms with Crippen LogP contribution in [0.4, 0.5) is 0 Å². The molecule has 31 heavy (non-hydrogen) atoms. The van der Waals surface area contributed by atoms with E-state index in [0.29, 0.717) is 18.4 Å². The molecule has 172 valence electrons. The fourth-order valence-electron chi connectivity index (χ4n) is 5.82. The molecule has 0 aromatic heterocycles. The van der Waals surface area contributed by atoms with Gasteiger partial charge >= 0.3 is 0 Å². The molecule has 2 fully saturated rings. The van der Waals surface area contributed by atoms with Crippen molar-refractivity contribution in [1.82, 2.24) is 10.2 Å². The van der Waals surface area contributed by atoms with Gasteiger partial charge in [0, 0.05) is 24.4 Å². The van der Waals surface area contributed by atoms with Gasteiger partial charge in [-0.1, -0.05) is 32.9 Å². The van der Waals surface area contributed by atoms with Crippen molar-refractivity contribution in [2.24, 2.45) is 11.3 Å². The maximum Gasteiger partial charge on any atom is 0.220 e. The lowest BCUT2D eigenvalue weighted by Crippen LogP contribution is -2.39. The minimum absolute atomic E-state index is 0.0725. The van der Waals surface area contributed by atoms with E-state index in [9.17, 15) is 4.79 Å². The van der Waals surface area contributed by atoms with Crippen LogP contribution in [-0.4, -0.2) is 43.1 Å². The summed E-state index contributed by atoms with van der Waals surface area (Å²) in [5, 5.41) is 3.28. The first kappa shape index (κ1) is 22.6. The molecule has 4 rings (SSSR count). The predicted octanol–water partition coefficient (Wildman–Crippen LogP) is 5.30. The lowest BCUT2D eigenvalue weighted by molar-refractivity contribution is -0.123. The number of ether oxygens (including phenoxy) is 1. The van der Waals surface area contributed by atoms with E-state index in [1.165, 1.54) is 57.3 Å². The fraction of sp³-hybridized carbons (Fsp3) is 0.741. The topological polar surface area (TPSA) is 41.6 Å². The minimum atomic E-state index is 0.0725. The van der Waals surface area contributed by atoms with E-state index >= 15 is 0 Å². The van der Waals surface area contributed by atoms with Crippen molar-refractivity contribution >= 4 is 5.91 Å². The Morgan fingerprint density at radius 1 is 1.10 bits per heavy atom. The summed E-state index contributed by atoms with van der Waals surface area (Å²) >= 11 is 0. The van der Waals surface area contributed by atoms with Gasteiger partial charge < -0.3 is 15.0 Å². The molecule has 4 nitrogen and oxygen atoms in total. The highest BCUT2D eigenvalue weighted by molar-refractivity contribution is 5.76. The van der Waals surface area contributed by atoms with Crippen molar-refractivity contribution in [3.8, 4) is 5.75 Å². The third kappa shape index (κ3) is 6.25. The number of hydrogen-bond donors (Lipinski definition) is 1. The second-order valence-corrected chi connectivity index (χ2v) is 11.3. The molecule has 0 bridgehead atoms. The molecule has 1 saturated carbocycles. The lowest BCUT2D eigenvalue weighted by atomic mass is 9.83. The Morgan fingerprint density at radius 2 is 1.84 bits per heavy atom. The monoisotopic (exact) mass is 426 g/mol. The molecule has 2 aliphatic heterocycles. The molecule has 0 radical (unpaired) electrons. The molecule has 4 heteroatoms. The van der Waals surface area contributed by atoms with Crippen molar-refractivity contribution in [2.75, 3.05) is 26.2 Å². The van der Waals surface area contributed by atoms with Crippen LogP contribution in [-0.2, 0) is 11.2 Å². The summed E-state index contributed by atoms with van der Waals surface area (Å²) in [5.41, 5.74) is 3.11. The van der Waals surface area contributed by atoms with Crippen molar-refractivity contribution in [1.29, 1.82) is 0 Å². The molecule has 1 amide bonds. The van der Waals surface area contributed by atoms with Crippen LogP contribution in [0.5, 0.6) is 5.75 Å². The number of rotatable bonds is 6. The summed E-state index contributed by atoms with van der Waals surface area (Å²) in [6.07, 6.45) is 10.5. The Balaban J connectivity index is 1.15. The summed E-state index contributed by atoms with van der Waals surface area (Å²) in [5.74, 6) is 2.91. The number of piperidine rings is 1. The first-order valence-corrected chi connectivity index (χ1v) is 12.6. The Hall–Kier alpha value is -1.55. The van der Waals surface area contributed by atoms with E-state index in [1.54, 1.807) is 5.56 Å². The lowest BCUT2D eigenvalue weighted by Gasteiger charge is -2.35. The standard InChI is InChI=1S/C27H42N2O2/c1-27(2,3)19-26(30)28-22-9-7-20(8-10-22)11-15-29-16-12-21(13-17-29)23-5-4-6-25-24(23)14-18-31-25/h4-6,20-22H,7-19H2,1-3H3,(H,28,30)/t20-,22-. The molecular formula is C27H42N2O2. The summed E-state index contributed by atoms with van der Waals surface area (Å²) in [6.45, 7) is 11.0. The van der Waals surface area contributed by atoms with Crippen molar-refractivity contribution in [2.45, 2.75) is 90.5 Å². The highest BCUT2D eigenvalue weighted by atomic mass is 16.5. The molecule has 1 aromatic carbocycles. The van der Waals surface area contributed by atoms with Crippen molar-refractivity contribution in [3.05, 3.63) is 29.3 Å². The second-order valence-electron chi connectivity index (χ2n) is 11.3. The number of benzene rings is 1. The number of likely N-dealkylation sites (tertiary alicyclic amines) is 1. The van der Waals surface area contributed by atoms with Gasteiger partial charge in [-0.3, -0.25) is 4.79 Å². The van der Waals surface area contributed by atoms with E-state index in [2.05, 4.69) is 49.2 Å². The molecule has 1 N–H and O–H groups in total. The molecule has 0 unspecified atom stereocenters. The zero-order valence-corrected chi connectivity index (χ0v) is 19.9. The first-order valence-electron chi connectivity index (χ1n) is 12.6.